The van der Waals surface area contributed by atoms with E-state index >= 15 is 0 Å². The van der Waals surface area contributed by atoms with E-state index in [0.29, 0.717) is 13.1 Å². The van der Waals surface area contributed by atoms with E-state index in [1.165, 1.54) is 4.31 Å². The Morgan fingerprint density at radius 3 is 2.48 bits per heavy atom. The normalized spacial score (nSPS) is 20.6. The molecule has 0 bridgehead atoms. The van der Waals surface area contributed by atoms with Gasteiger partial charge in [0.25, 0.3) is 10.2 Å². The van der Waals surface area contributed by atoms with Crippen molar-refractivity contribution >= 4 is 16.0 Å². The number of morpholine rings is 1. The molecule has 8 heteroatoms. The highest BCUT2D eigenvalue weighted by molar-refractivity contribution is 7.87. The lowest BCUT2D eigenvalue weighted by atomic mass is 10.2. The van der Waals surface area contributed by atoms with Crippen molar-refractivity contribution in [2.75, 3.05) is 44.3 Å². The minimum atomic E-state index is -3.38. The maximum absolute atomic E-state index is 12.2. The molecule has 23 heavy (non-hydrogen) atoms. The van der Waals surface area contributed by atoms with E-state index in [0.717, 1.165) is 56.9 Å². The number of piperidine rings is 1. The predicted octanol–water partition coefficient (Wildman–Crippen LogP) is 0.738. The molecule has 0 amide bonds. The van der Waals surface area contributed by atoms with Gasteiger partial charge in [-0.25, -0.2) is 4.98 Å². The molecule has 7 nitrogen and oxygen atoms in total. The van der Waals surface area contributed by atoms with E-state index in [1.807, 2.05) is 12.1 Å². The lowest BCUT2D eigenvalue weighted by Crippen LogP contribution is -2.43. The van der Waals surface area contributed by atoms with Gasteiger partial charge in [-0.3, -0.25) is 0 Å². The maximum Gasteiger partial charge on any atom is 0.279 e. The zero-order valence-electron chi connectivity index (χ0n) is 13.3. The van der Waals surface area contributed by atoms with Gasteiger partial charge < -0.3 is 9.64 Å². The van der Waals surface area contributed by atoms with Gasteiger partial charge in [0, 0.05) is 38.9 Å². The molecule has 0 radical (unpaired) electrons. The standard InChI is InChI=1S/C15H24N4O3S/c20-23(21,19-6-2-1-3-7-19)17-13-14-4-5-15(16-12-14)18-8-10-22-11-9-18/h4-5,12,17H,1-3,6-11,13H2. The number of anilines is 1. The fourth-order valence-electron chi connectivity index (χ4n) is 2.87. The summed E-state index contributed by atoms with van der Waals surface area (Å²) < 4.78 is 34.0. The van der Waals surface area contributed by atoms with Crippen LogP contribution in [0.2, 0.25) is 0 Å². The van der Waals surface area contributed by atoms with Gasteiger partial charge in [0.2, 0.25) is 0 Å². The van der Waals surface area contributed by atoms with Crippen LogP contribution in [-0.2, 0) is 21.5 Å². The Kier molecular flexibility index (Phi) is 5.47. The summed E-state index contributed by atoms with van der Waals surface area (Å²) in [5.41, 5.74) is 0.864. The molecule has 0 aliphatic carbocycles. The summed E-state index contributed by atoms with van der Waals surface area (Å²) in [6.07, 6.45) is 4.73. The molecule has 3 rings (SSSR count). The van der Waals surface area contributed by atoms with Crippen LogP contribution in [0.15, 0.2) is 18.3 Å². The second-order valence-electron chi connectivity index (χ2n) is 5.91. The Balaban J connectivity index is 1.55. The highest BCUT2D eigenvalue weighted by atomic mass is 32.2. The first-order valence-corrected chi connectivity index (χ1v) is 9.61. The van der Waals surface area contributed by atoms with Crippen LogP contribution in [0.5, 0.6) is 0 Å². The van der Waals surface area contributed by atoms with Gasteiger partial charge in [-0.1, -0.05) is 12.5 Å². The van der Waals surface area contributed by atoms with Crippen LogP contribution in [0, 0.1) is 0 Å². The van der Waals surface area contributed by atoms with Gasteiger partial charge in [0.1, 0.15) is 5.82 Å². The van der Waals surface area contributed by atoms with Gasteiger partial charge in [-0.05, 0) is 24.5 Å². The number of nitrogens with zero attached hydrogens (tertiary/aromatic N) is 3. The van der Waals surface area contributed by atoms with Crippen molar-refractivity contribution in [2.24, 2.45) is 0 Å². The molecule has 2 saturated heterocycles. The van der Waals surface area contributed by atoms with Crippen molar-refractivity contribution in [1.29, 1.82) is 0 Å². The van der Waals surface area contributed by atoms with Crippen LogP contribution in [0.3, 0.4) is 0 Å². The van der Waals surface area contributed by atoms with Crippen molar-refractivity contribution < 1.29 is 13.2 Å². The number of rotatable bonds is 5. The first kappa shape index (κ1) is 16.6. The molecule has 1 aromatic rings. The maximum atomic E-state index is 12.2. The number of hydrogen-bond donors (Lipinski definition) is 1. The van der Waals surface area contributed by atoms with Crippen molar-refractivity contribution in [1.82, 2.24) is 14.0 Å². The van der Waals surface area contributed by atoms with Crippen molar-refractivity contribution in [2.45, 2.75) is 25.8 Å². The average molecular weight is 340 g/mol. The monoisotopic (exact) mass is 340 g/mol. The first-order chi connectivity index (χ1) is 11.1. The number of ether oxygens (including phenoxy) is 1. The molecule has 1 aromatic heterocycles. The zero-order chi connectivity index (χ0) is 16.1. The van der Waals surface area contributed by atoms with Crippen molar-refractivity contribution in [3.05, 3.63) is 23.9 Å². The Hall–Kier alpha value is -1.22. The molecule has 0 unspecified atom stereocenters. The highest BCUT2D eigenvalue weighted by Gasteiger charge is 2.23. The van der Waals surface area contributed by atoms with E-state index in [4.69, 9.17) is 4.74 Å². The van der Waals surface area contributed by atoms with Crippen LogP contribution in [0.1, 0.15) is 24.8 Å². The van der Waals surface area contributed by atoms with Crippen molar-refractivity contribution in [3.63, 3.8) is 0 Å². The highest BCUT2D eigenvalue weighted by Crippen LogP contribution is 2.14. The van der Waals surface area contributed by atoms with E-state index in [2.05, 4.69) is 14.6 Å². The largest absolute Gasteiger partial charge is 0.378 e. The lowest BCUT2D eigenvalue weighted by molar-refractivity contribution is 0.122. The minimum absolute atomic E-state index is 0.273. The summed E-state index contributed by atoms with van der Waals surface area (Å²) in [6, 6.07) is 3.87. The topological polar surface area (TPSA) is 74.8 Å². The van der Waals surface area contributed by atoms with Gasteiger partial charge in [-0.2, -0.15) is 17.4 Å². The summed E-state index contributed by atoms with van der Waals surface area (Å²) >= 11 is 0. The van der Waals surface area contributed by atoms with Crippen LogP contribution in [0.25, 0.3) is 0 Å². The van der Waals surface area contributed by atoms with E-state index in [1.54, 1.807) is 6.20 Å². The molecule has 2 aliphatic rings. The van der Waals surface area contributed by atoms with Crippen LogP contribution in [-0.4, -0.2) is 57.1 Å². The molecule has 0 atom stereocenters. The Morgan fingerprint density at radius 1 is 1.09 bits per heavy atom. The Morgan fingerprint density at radius 2 is 1.83 bits per heavy atom. The van der Waals surface area contributed by atoms with Gasteiger partial charge in [-0.15, -0.1) is 0 Å². The van der Waals surface area contributed by atoms with E-state index in [9.17, 15) is 8.42 Å². The second-order valence-corrected chi connectivity index (χ2v) is 7.67. The average Bonchev–Trinajstić information content (AvgIpc) is 2.62. The molecule has 0 saturated carbocycles. The van der Waals surface area contributed by atoms with Gasteiger partial charge in [0.15, 0.2) is 0 Å². The molecule has 2 aliphatic heterocycles. The molecule has 2 fully saturated rings. The minimum Gasteiger partial charge on any atom is -0.378 e. The lowest BCUT2D eigenvalue weighted by Gasteiger charge is -2.28. The fraction of sp³-hybridized carbons (Fsp3) is 0.667. The van der Waals surface area contributed by atoms with E-state index in [-0.39, 0.29) is 6.54 Å². The molecule has 128 valence electrons. The smallest absolute Gasteiger partial charge is 0.279 e. The number of nitrogens with one attached hydrogen (secondary N) is 1. The Labute approximate surface area is 137 Å². The molecule has 3 heterocycles. The predicted molar refractivity (Wildman–Crippen MR) is 88.5 cm³/mol. The molecule has 1 N–H and O–H groups in total. The summed E-state index contributed by atoms with van der Waals surface area (Å²) in [5, 5.41) is 0. The van der Waals surface area contributed by atoms with Crippen LogP contribution >= 0.6 is 0 Å². The quantitative estimate of drug-likeness (QED) is 0.856. The zero-order valence-corrected chi connectivity index (χ0v) is 14.1. The molecular formula is C15H24N4O3S. The summed E-state index contributed by atoms with van der Waals surface area (Å²) in [4.78, 5) is 6.61. The van der Waals surface area contributed by atoms with Crippen molar-refractivity contribution in [3.8, 4) is 0 Å². The summed E-state index contributed by atoms with van der Waals surface area (Å²) in [7, 11) is -3.38. The molecular weight excluding hydrogens is 316 g/mol. The third kappa shape index (κ3) is 4.41. The molecule has 0 aromatic carbocycles. The Bertz CT molecular complexity index is 594. The fourth-order valence-corrected chi connectivity index (χ4v) is 4.14. The third-order valence-electron chi connectivity index (χ3n) is 4.26. The SMILES string of the molecule is O=S(=O)(NCc1ccc(N2CCOCC2)nc1)N1CCCCC1. The number of pyridine rings is 1. The van der Waals surface area contributed by atoms with E-state index < -0.39 is 10.2 Å². The number of aromatic nitrogens is 1. The second kappa shape index (κ2) is 7.57. The molecule has 0 spiro atoms. The summed E-state index contributed by atoms with van der Waals surface area (Å²) in [5.74, 6) is 0.913. The third-order valence-corrected chi connectivity index (χ3v) is 5.81. The number of hydrogen-bond acceptors (Lipinski definition) is 5. The van der Waals surface area contributed by atoms with Crippen LogP contribution < -0.4 is 9.62 Å². The first-order valence-electron chi connectivity index (χ1n) is 8.17. The van der Waals surface area contributed by atoms with Gasteiger partial charge in [0.05, 0.1) is 13.2 Å². The van der Waals surface area contributed by atoms with Crippen LogP contribution in [0.4, 0.5) is 5.82 Å². The summed E-state index contributed by atoms with van der Waals surface area (Å²) in [6.45, 7) is 4.63. The van der Waals surface area contributed by atoms with Gasteiger partial charge >= 0.3 is 0 Å².